The molecule has 1 amide bonds. The third-order valence-corrected chi connectivity index (χ3v) is 3.28. The summed E-state index contributed by atoms with van der Waals surface area (Å²) in [6.07, 6.45) is 1.97. The molecule has 2 N–H and O–H groups in total. The van der Waals surface area contributed by atoms with Crippen molar-refractivity contribution in [1.29, 1.82) is 0 Å². The number of carboxylic acids is 1. The number of furan rings is 1. The second-order valence-electron chi connectivity index (χ2n) is 4.63. The highest BCUT2D eigenvalue weighted by Crippen LogP contribution is 2.19. The molecule has 0 aliphatic rings. The van der Waals surface area contributed by atoms with E-state index in [1.807, 2.05) is 6.92 Å². The number of carbonyl (C=O) groups is 2. The Morgan fingerprint density at radius 2 is 1.95 bits per heavy atom. The molecule has 1 heterocycles. The first-order valence-corrected chi connectivity index (χ1v) is 6.80. The smallest absolute Gasteiger partial charge is 0.330 e. The standard InChI is InChI=1S/C16H17NO5/c1-3-13-12(8-9-22-13)15(18)17-14(16(19)20)10-4-6-11(21-2)7-5-10/h4-9,14H,3H2,1-2H3,(H,17,18)(H,19,20). The Morgan fingerprint density at radius 3 is 2.50 bits per heavy atom. The van der Waals surface area contributed by atoms with Crippen molar-refractivity contribution < 1.29 is 23.8 Å². The molecule has 1 atom stereocenters. The molecule has 1 unspecified atom stereocenters. The summed E-state index contributed by atoms with van der Waals surface area (Å²) in [5.74, 6) is -0.479. The lowest BCUT2D eigenvalue weighted by Gasteiger charge is -2.15. The maximum Gasteiger partial charge on any atom is 0.330 e. The lowest BCUT2D eigenvalue weighted by molar-refractivity contribution is -0.139. The summed E-state index contributed by atoms with van der Waals surface area (Å²) in [5, 5.41) is 11.9. The maximum atomic E-state index is 12.2. The second kappa shape index (κ2) is 6.80. The van der Waals surface area contributed by atoms with Crippen LogP contribution in [0, 0.1) is 0 Å². The number of hydrogen-bond acceptors (Lipinski definition) is 4. The number of methoxy groups -OCH3 is 1. The van der Waals surface area contributed by atoms with Gasteiger partial charge in [0.2, 0.25) is 0 Å². The Labute approximate surface area is 127 Å². The topological polar surface area (TPSA) is 88.8 Å². The average Bonchev–Trinajstić information content (AvgIpc) is 3.01. The maximum absolute atomic E-state index is 12.2. The van der Waals surface area contributed by atoms with Gasteiger partial charge in [-0.2, -0.15) is 0 Å². The van der Waals surface area contributed by atoms with Crippen LogP contribution in [0.2, 0.25) is 0 Å². The van der Waals surface area contributed by atoms with Crippen LogP contribution in [0.5, 0.6) is 5.75 Å². The number of aliphatic carboxylic acids is 1. The van der Waals surface area contributed by atoms with Crippen LogP contribution in [0.15, 0.2) is 41.0 Å². The molecule has 0 aliphatic heterocycles. The average molecular weight is 303 g/mol. The van der Waals surface area contributed by atoms with E-state index in [0.29, 0.717) is 29.1 Å². The number of hydrogen-bond donors (Lipinski definition) is 2. The van der Waals surface area contributed by atoms with Crippen LogP contribution in [0.3, 0.4) is 0 Å². The van der Waals surface area contributed by atoms with E-state index in [9.17, 15) is 14.7 Å². The quantitative estimate of drug-likeness (QED) is 0.855. The Kier molecular flexibility index (Phi) is 4.83. The summed E-state index contributed by atoms with van der Waals surface area (Å²) in [5.41, 5.74) is 0.811. The molecular weight excluding hydrogens is 286 g/mol. The molecule has 0 fully saturated rings. The number of carbonyl (C=O) groups excluding carboxylic acids is 1. The van der Waals surface area contributed by atoms with Gasteiger partial charge in [-0.15, -0.1) is 0 Å². The number of aryl methyl sites for hydroxylation is 1. The molecular formula is C16H17NO5. The SMILES string of the molecule is CCc1occc1C(=O)NC(C(=O)O)c1ccc(OC)cc1. The fourth-order valence-corrected chi connectivity index (χ4v) is 2.11. The van der Waals surface area contributed by atoms with E-state index in [1.54, 1.807) is 24.3 Å². The number of rotatable bonds is 6. The summed E-state index contributed by atoms with van der Waals surface area (Å²) < 4.78 is 10.2. The van der Waals surface area contributed by atoms with Gasteiger partial charge < -0.3 is 19.6 Å². The van der Waals surface area contributed by atoms with Crippen LogP contribution in [0.4, 0.5) is 0 Å². The summed E-state index contributed by atoms with van der Waals surface area (Å²) in [6, 6.07) is 6.89. The molecule has 22 heavy (non-hydrogen) atoms. The molecule has 2 aromatic rings. The number of amides is 1. The van der Waals surface area contributed by atoms with E-state index in [-0.39, 0.29) is 0 Å². The van der Waals surface area contributed by atoms with Crippen LogP contribution < -0.4 is 10.1 Å². The molecule has 1 aromatic heterocycles. The van der Waals surface area contributed by atoms with Crippen LogP contribution in [-0.2, 0) is 11.2 Å². The number of nitrogens with one attached hydrogen (secondary N) is 1. The van der Waals surface area contributed by atoms with Gasteiger partial charge in [0.05, 0.1) is 18.9 Å². The van der Waals surface area contributed by atoms with E-state index in [0.717, 1.165) is 0 Å². The highest BCUT2D eigenvalue weighted by Gasteiger charge is 2.24. The van der Waals surface area contributed by atoms with Crippen molar-refractivity contribution in [3.8, 4) is 5.75 Å². The molecule has 0 bridgehead atoms. The van der Waals surface area contributed by atoms with Gasteiger partial charge in [-0.3, -0.25) is 4.79 Å². The van der Waals surface area contributed by atoms with Crippen molar-refractivity contribution in [3.63, 3.8) is 0 Å². The summed E-state index contributed by atoms with van der Waals surface area (Å²) in [4.78, 5) is 23.7. The van der Waals surface area contributed by atoms with Gasteiger partial charge in [0.1, 0.15) is 11.5 Å². The number of carboxylic acid groups (broad SMARTS) is 1. The monoisotopic (exact) mass is 303 g/mol. The Hall–Kier alpha value is -2.76. The molecule has 116 valence electrons. The third kappa shape index (κ3) is 3.28. The Bertz CT molecular complexity index is 659. The van der Waals surface area contributed by atoms with Crippen molar-refractivity contribution in [2.45, 2.75) is 19.4 Å². The predicted molar refractivity (Wildman–Crippen MR) is 78.9 cm³/mol. The fourth-order valence-electron chi connectivity index (χ4n) is 2.11. The Morgan fingerprint density at radius 1 is 1.27 bits per heavy atom. The first kappa shape index (κ1) is 15.6. The molecule has 0 spiro atoms. The zero-order chi connectivity index (χ0) is 16.1. The van der Waals surface area contributed by atoms with Gasteiger partial charge in [-0.05, 0) is 23.8 Å². The fraction of sp³-hybridized carbons (Fsp3) is 0.250. The molecule has 0 saturated heterocycles. The van der Waals surface area contributed by atoms with Gasteiger partial charge in [0, 0.05) is 6.42 Å². The van der Waals surface area contributed by atoms with Crippen molar-refractivity contribution in [2.24, 2.45) is 0 Å². The largest absolute Gasteiger partial charge is 0.497 e. The Balaban J connectivity index is 2.21. The highest BCUT2D eigenvalue weighted by molar-refractivity contribution is 5.97. The van der Waals surface area contributed by atoms with Crippen molar-refractivity contribution in [3.05, 3.63) is 53.5 Å². The summed E-state index contributed by atoms with van der Waals surface area (Å²) >= 11 is 0. The molecule has 6 nitrogen and oxygen atoms in total. The molecule has 1 aromatic carbocycles. The second-order valence-corrected chi connectivity index (χ2v) is 4.63. The van der Waals surface area contributed by atoms with Crippen molar-refractivity contribution in [1.82, 2.24) is 5.32 Å². The number of benzene rings is 1. The molecule has 2 rings (SSSR count). The molecule has 0 aliphatic carbocycles. The first-order chi connectivity index (χ1) is 10.6. The summed E-state index contributed by atoms with van der Waals surface area (Å²) in [6.45, 7) is 1.85. The third-order valence-electron chi connectivity index (χ3n) is 3.28. The normalized spacial score (nSPS) is 11.7. The van der Waals surface area contributed by atoms with Gasteiger partial charge in [0.25, 0.3) is 5.91 Å². The van der Waals surface area contributed by atoms with E-state index in [4.69, 9.17) is 9.15 Å². The minimum absolute atomic E-state index is 0.349. The minimum atomic E-state index is -1.14. The lowest BCUT2D eigenvalue weighted by Crippen LogP contribution is -2.33. The lowest BCUT2D eigenvalue weighted by atomic mass is 10.1. The van der Waals surface area contributed by atoms with Crippen LogP contribution in [0.25, 0.3) is 0 Å². The summed E-state index contributed by atoms with van der Waals surface area (Å²) in [7, 11) is 1.52. The van der Waals surface area contributed by atoms with Crippen LogP contribution >= 0.6 is 0 Å². The molecule has 0 radical (unpaired) electrons. The van der Waals surface area contributed by atoms with E-state index < -0.39 is 17.9 Å². The van der Waals surface area contributed by atoms with E-state index in [2.05, 4.69) is 5.32 Å². The zero-order valence-electron chi connectivity index (χ0n) is 12.3. The van der Waals surface area contributed by atoms with Crippen LogP contribution in [0.1, 0.15) is 34.6 Å². The van der Waals surface area contributed by atoms with Gasteiger partial charge in [0.15, 0.2) is 6.04 Å². The van der Waals surface area contributed by atoms with Crippen molar-refractivity contribution >= 4 is 11.9 Å². The molecule has 0 saturated carbocycles. The van der Waals surface area contributed by atoms with Gasteiger partial charge in [-0.1, -0.05) is 19.1 Å². The number of ether oxygens (including phenoxy) is 1. The van der Waals surface area contributed by atoms with E-state index in [1.165, 1.54) is 19.4 Å². The van der Waals surface area contributed by atoms with Gasteiger partial charge in [-0.25, -0.2) is 4.79 Å². The predicted octanol–water partition coefficient (Wildman–Crippen LogP) is 2.41. The van der Waals surface area contributed by atoms with E-state index >= 15 is 0 Å². The highest BCUT2D eigenvalue weighted by atomic mass is 16.5. The van der Waals surface area contributed by atoms with Crippen LogP contribution in [-0.4, -0.2) is 24.1 Å². The molecule has 6 heteroatoms. The van der Waals surface area contributed by atoms with Gasteiger partial charge >= 0.3 is 5.97 Å². The zero-order valence-corrected chi connectivity index (χ0v) is 12.3. The minimum Gasteiger partial charge on any atom is -0.497 e. The van der Waals surface area contributed by atoms with Crippen molar-refractivity contribution in [2.75, 3.05) is 7.11 Å². The first-order valence-electron chi connectivity index (χ1n) is 6.80.